The number of aromatic hydroxyl groups is 1. The summed E-state index contributed by atoms with van der Waals surface area (Å²) in [6.45, 7) is 2.64. The van der Waals surface area contributed by atoms with Gasteiger partial charge in [-0.2, -0.15) is 5.10 Å². The molecule has 0 saturated heterocycles. The number of nitrogens with zero attached hydrogens (tertiary/aromatic N) is 4. The average Bonchev–Trinajstić information content (AvgIpc) is 3.67. The normalized spacial score (nSPS) is 11.5. The molecule has 2 aromatic carbocycles. The molecule has 0 spiro atoms. The van der Waals surface area contributed by atoms with E-state index in [4.69, 9.17) is 11.6 Å². The second-order valence-electron chi connectivity index (χ2n) is 10.3. The van der Waals surface area contributed by atoms with Gasteiger partial charge in [0.15, 0.2) is 5.65 Å². The quantitative estimate of drug-likeness (QED) is 0.175. The van der Waals surface area contributed by atoms with Gasteiger partial charge in [0.25, 0.3) is 5.91 Å². The standard InChI is InChI=1S/C31H30ClN7O3/c1-19-8-9-21(15-20(19)10-11-23-18-34-27-7-3-13-36-39(23)27)29(40)33-12-4-14-38-30(41)26(37-31(38)42)16-22-17-35-28-24(22)5-2-6-25(28)32/h2-3,5-9,13,15,17-18,35,41H,4,10-12,14,16H2,1H3,(H,33,40)(H,37,42). The summed E-state index contributed by atoms with van der Waals surface area (Å²) in [6, 6.07) is 15.1. The van der Waals surface area contributed by atoms with Crippen LogP contribution >= 0.6 is 11.6 Å². The van der Waals surface area contributed by atoms with Crippen molar-refractivity contribution in [1.29, 1.82) is 0 Å². The summed E-state index contributed by atoms with van der Waals surface area (Å²) in [5, 5.41) is 19.6. The molecule has 0 fully saturated rings. The van der Waals surface area contributed by atoms with Crippen molar-refractivity contribution in [2.24, 2.45) is 0 Å². The van der Waals surface area contributed by atoms with Crippen molar-refractivity contribution in [3.05, 3.63) is 116 Å². The number of fused-ring (bicyclic) bond motifs is 2. The van der Waals surface area contributed by atoms with Crippen molar-refractivity contribution < 1.29 is 9.90 Å². The highest BCUT2D eigenvalue weighted by Crippen LogP contribution is 2.28. The molecule has 6 aromatic rings. The minimum Gasteiger partial charge on any atom is -0.493 e. The van der Waals surface area contributed by atoms with E-state index in [0.29, 0.717) is 35.7 Å². The third-order valence-electron chi connectivity index (χ3n) is 7.60. The summed E-state index contributed by atoms with van der Waals surface area (Å²) in [4.78, 5) is 35.8. The summed E-state index contributed by atoms with van der Waals surface area (Å²) in [7, 11) is 0. The molecule has 1 amide bonds. The van der Waals surface area contributed by atoms with Crippen LogP contribution in [0.3, 0.4) is 0 Å². The van der Waals surface area contributed by atoms with Gasteiger partial charge in [0.05, 0.1) is 28.1 Å². The molecule has 42 heavy (non-hydrogen) atoms. The van der Waals surface area contributed by atoms with Crippen molar-refractivity contribution in [2.75, 3.05) is 6.54 Å². The molecule has 6 rings (SSSR count). The summed E-state index contributed by atoms with van der Waals surface area (Å²) in [5.41, 5.74) is 6.36. The highest BCUT2D eigenvalue weighted by Gasteiger charge is 2.16. The van der Waals surface area contributed by atoms with E-state index in [1.165, 1.54) is 4.57 Å². The molecule has 4 aromatic heterocycles. The highest BCUT2D eigenvalue weighted by molar-refractivity contribution is 6.35. The van der Waals surface area contributed by atoms with Crippen molar-refractivity contribution in [3.8, 4) is 5.88 Å². The van der Waals surface area contributed by atoms with E-state index in [1.807, 2.05) is 66.3 Å². The zero-order chi connectivity index (χ0) is 29.2. The number of aromatic nitrogens is 6. The Bertz CT molecular complexity index is 1970. The number of aryl methyl sites for hydroxylation is 3. The maximum absolute atomic E-state index is 12.9. The molecule has 11 heteroatoms. The molecule has 0 unspecified atom stereocenters. The second kappa shape index (κ2) is 11.6. The first-order chi connectivity index (χ1) is 20.4. The van der Waals surface area contributed by atoms with E-state index in [9.17, 15) is 14.7 Å². The smallest absolute Gasteiger partial charge is 0.328 e. The molecule has 4 N–H and O–H groups in total. The van der Waals surface area contributed by atoms with Crippen LogP contribution in [-0.4, -0.2) is 46.7 Å². The number of H-pyrrole nitrogens is 2. The van der Waals surface area contributed by atoms with Crippen LogP contribution in [-0.2, 0) is 25.8 Å². The van der Waals surface area contributed by atoms with Gasteiger partial charge >= 0.3 is 5.69 Å². The Kier molecular flexibility index (Phi) is 7.54. The van der Waals surface area contributed by atoms with E-state index in [-0.39, 0.29) is 18.3 Å². The number of para-hydroxylation sites is 1. The van der Waals surface area contributed by atoms with E-state index in [2.05, 4.69) is 25.4 Å². The van der Waals surface area contributed by atoms with Crippen molar-refractivity contribution in [3.63, 3.8) is 0 Å². The predicted octanol–water partition coefficient (Wildman–Crippen LogP) is 4.56. The van der Waals surface area contributed by atoms with Crippen LogP contribution in [0.25, 0.3) is 16.6 Å². The first-order valence-corrected chi connectivity index (χ1v) is 14.2. The number of hydrogen-bond donors (Lipinski definition) is 4. The molecule has 4 heterocycles. The highest BCUT2D eigenvalue weighted by atomic mass is 35.5. The Labute approximate surface area is 246 Å². The molecule has 0 aliphatic rings. The molecule has 0 radical (unpaired) electrons. The Hall–Kier alpha value is -4.83. The largest absolute Gasteiger partial charge is 0.493 e. The van der Waals surface area contributed by atoms with E-state index in [1.54, 1.807) is 12.3 Å². The van der Waals surface area contributed by atoms with Crippen LogP contribution in [0.4, 0.5) is 0 Å². The topological polar surface area (TPSA) is 133 Å². The molecular weight excluding hydrogens is 554 g/mol. The first-order valence-electron chi connectivity index (χ1n) is 13.8. The average molecular weight is 584 g/mol. The number of benzene rings is 2. The molecule has 10 nitrogen and oxygen atoms in total. The molecule has 0 atom stereocenters. The molecule has 0 aliphatic carbocycles. The Morgan fingerprint density at radius 2 is 2.00 bits per heavy atom. The minimum atomic E-state index is -0.393. The van der Waals surface area contributed by atoms with Crippen LogP contribution in [0.15, 0.2) is 71.9 Å². The lowest BCUT2D eigenvalue weighted by atomic mass is 10.00. The van der Waals surface area contributed by atoms with Crippen molar-refractivity contribution >= 4 is 34.1 Å². The number of carbonyl (C=O) groups is 1. The molecule has 0 aliphatic heterocycles. The van der Waals surface area contributed by atoms with Gasteiger partial charge in [0, 0.05) is 42.9 Å². The Balaban J connectivity index is 1.05. The third kappa shape index (κ3) is 5.40. The number of rotatable bonds is 10. The fourth-order valence-electron chi connectivity index (χ4n) is 5.29. The van der Waals surface area contributed by atoms with Crippen LogP contribution < -0.4 is 11.0 Å². The van der Waals surface area contributed by atoms with Crippen LogP contribution in [0.5, 0.6) is 5.88 Å². The number of nitrogens with one attached hydrogen (secondary N) is 3. The third-order valence-corrected chi connectivity index (χ3v) is 7.92. The zero-order valence-electron chi connectivity index (χ0n) is 23.0. The second-order valence-corrected chi connectivity index (χ2v) is 10.7. The number of amides is 1. The van der Waals surface area contributed by atoms with E-state index in [0.717, 1.165) is 51.8 Å². The lowest BCUT2D eigenvalue weighted by Gasteiger charge is -2.10. The number of aromatic amines is 2. The number of hydrogen-bond acceptors (Lipinski definition) is 5. The van der Waals surface area contributed by atoms with Gasteiger partial charge in [-0.05, 0) is 73.2 Å². The fourth-order valence-corrected chi connectivity index (χ4v) is 5.52. The predicted molar refractivity (Wildman–Crippen MR) is 161 cm³/mol. The lowest BCUT2D eigenvalue weighted by molar-refractivity contribution is 0.0952. The van der Waals surface area contributed by atoms with Crippen LogP contribution in [0, 0.1) is 6.92 Å². The van der Waals surface area contributed by atoms with Gasteiger partial charge in [-0.1, -0.05) is 29.8 Å². The minimum absolute atomic E-state index is 0.105. The Morgan fingerprint density at radius 1 is 1.12 bits per heavy atom. The fraction of sp³-hybridized carbons (Fsp3) is 0.226. The number of halogens is 1. The lowest BCUT2D eigenvalue weighted by Crippen LogP contribution is -2.26. The maximum atomic E-state index is 12.9. The van der Waals surface area contributed by atoms with Gasteiger partial charge in [-0.3, -0.25) is 9.36 Å². The molecule has 214 valence electrons. The monoisotopic (exact) mass is 583 g/mol. The van der Waals surface area contributed by atoms with Crippen molar-refractivity contribution in [2.45, 2.75) is 39.2 Å². The van der Waals surface area contributed by atoms with E-state index >= 15 is 0 Å². The SMILES string of the molecule is Cc1ccc(C(=O)NCCCn2c(O)c(Cc3c[nH]c4c(Cl)cccc34)[nH]c2=O)cc1CCc1cnc2cccnn12. The van der Waals surface area contributed by atoms with Gasteiger partial charge < -0.3 is 20.4 Å². The first kappa shape index (κ1) is 27.3. The molecular formula is C31H30ClN7O3. The summed E-state index contributed by atoms with van der Waals surface area (Å²) in [5.74, 6) is -0.288. The van der Waals surface area contributed by atoms with E-state index < -0.39 is 5.69 Å². The number of imidazole rings is 2. The van der Waals surface area contributed by atoms with Crippen molar-refractivity contribution in [1.82, 2.24) is 34.4 Å². The maximum Gasteiger partial charge on any atom is 0.328 e. The van der Waals surface area contributed by atoms with Gasteiger partial charge in [0.2, 0.25) is 5.88 Å². The summed E-state index contributed by atoms with van der Waals surface area (Å²) in [6.07, 6.45) is 7.71. The molecule has 0 saturated carbocycles. The summed E-state index contributed by atoms with van der Waals surface area (Å²) >= 11 is 6.25. The van der Waals surface area contributed by atoms with Crippen LogP contribution in [0.2, 0.25) is 5.02 Å². The van der Waals surface area contributed by atoms with Gasteiger partial charge in [-0.25, -0.2) is 14.3 Å². The van der Waals surface area contributed by atoms with Crippen LogP contribution in [0.1, 0.15) is 44.9 Å². The van der Waals surface area contributed by atoms with Gasteiger partial charge in [-0.15, -0.1) is 0 Å². The van der Waals surface area contributed by atoms with Gasteiger partial charge in [0.1, 0.15) is 0 Å². The zero-order valence-corrected chi connectivity index (χ0v) is 23.8. The summed E-state index contributed by atoms with van der Waals surface area (Å²) < 4.78 is 3.13. The Morgan fingerprint density at radius 3 is 2.88 bits per heavy atom. The molecule has 0 bridgehead atoms. The number of carbonyl (C=O) groups excluding carboxylic acids is 1.